The predicted octanol–water partition coefficient (Wildman–Crippen LogP) is 3.86. The van der Waals surface area contributed by atoms with Gasteiger partial charge < -0.3 is 9.32 Å². The fourth-order valence-corrected chi connectivity index (χ4v) is 5.03. The Morgan fingerprint density at radius 1 is 1.33 bits per heavy atom. The second-order valence-corrected chi connectivity index (χ2v) is 8.39. The maximum Gasteiger partial charge on any atom is 0.277 e. The average Bonchev–Trinajstić information content (AvgIpc) is 3.29. The van der Waals surface area contributed by atoms with Crippen molar-refractivity contribution in [2.75, 3.05) is 12.3 Å². The van der Waals surface area contributed by atoms with E-state index in [1.54, 1.807) is 11.3 Å². The van der Waals surface area contributed by atoms with Crippen LogP contribution in [0.25, 0.3) is 0 Å². The van der Waals surface area contributed by atoms with Gasteiger partial charge >= 0.3 is 0 Å². The quantitative estimate of drug-likeness (QED) is 0.772. The largest absolute Gasteiger partial charge is 0.416 e. The number of carbonyl (C=O) groups excluding carboxylic acids is 1. The van der Waals surface area contributed by atoms with Gasteiger partial charge in [0.1, 0.15) is 0 Å². The number of rotatable bonds is 4. The standard InChI is InChI=1S/C17H21N3O2S2/c21-15(20-8-6-14-13(10-20)7-9-23-14)11-24-17-19-18-16(22-17)12-4-2-1-3-5-12/h7,9,12H,1-6,8,10-11H2. The predicted molar refractivity (Wildman–Crippen MR) is 94.3 cm³/mol. The Balaban J connectivity index is 1.30. The van der Waals surface area contributed by atoms with Crippen LogP contribution in [0.1, 0.15) is 54.4 Å². The Labute approximate surface area is 149 Å². The van der Waals surface area contributed by atoms with E-state index in [1.807, 2.05) is 4.90 Å². The van der Waals surface area contributed by atoms with Crippen molar-refractivity contribution in [1.29, 1.82) is 0 Å². The lowest BCUT2D eigenvalue weighted by molar-refractivity contribution is -0.129. The van der Waals surface area contributed by atoms with Gasteiger partial charge in [-0.15, -0.1) is 21.5 Å². The van der Waals surface area contributed by atoms with Gasteiger partial charge in [0, 0.05) is 23.9 Å². The van der Waals surface area contributed by atoms with E-state index in [-0.39, 0.29) is 5.91 Å². The normalized spacial score (nSPS) is 18.6. The minimum absolute atomic E-state index is 0.147. The second-order valence-electron chi connectivity index (χ2n) is 6.46. The summed E-state index contributed by atoms with van der Waals surface area (Å²) in [7, 11) is 0. The third-order valence-corrected chi connectivity index (χ3v) is 6.68. The summed E-state index contributed by atoms with van der Waals surface area (Å²) in [4.78, 5) is 15.8. The van der Waals surface area contributed by atoms with Crippen molar-refractivity contribution in [2.45, 2.75) is 56.2 Å². The van der Waals surface area contributed by atoms with Crippen LogP contribution in [0.5, 0.6) is 0 Å². The number of hydrogen-bond acceptors (Lipinski definition) is 6. The second kappa shape index (κ2) is 7.27. The van der Waals surface area contributed by atoms with Gasteiger partial charge in [0.2, 0.25) is 11.8 Å². The molecule has 2 aliphatic rings. The van der Waals surface area contributed by atoms with E-state index >= 15 is 0 Å². The summed E-state index contributed by atoms with van der Waals surface area (Å²) in [6, 6.07) is 2.13. The maximum atomic E-state index is 12.4. The van der Waals surface area contributed by atoms with Gasteiger partial charge in [0.25, 0.3) is 5.22 Å². The van der Waals surface area contributed by atoms with Crippen LogP contribution < -0.4 is 0 Å². The molecule has 128 valence electrons. The number of nitrogens with zero attached hydrogens (tertiary/aromatic N) is 3. The lowest BCUT2D eigenvalue weighted by atomic mass is 9.89. The molecule has 0 atom stereocenters. The molecule has 5 nitrogen and oxygen atoms in total. The lowest BCUT2D eigenvalue weighted by Crippen LogP contribution is -2.36. The molecule has 0 bridgehead atoms. The highest BCUT2D eigenvalue weighted by Crippen LogP contribution is 2.33. The van der Waals surface area contributed by atoms with Gasteiger partial charge in [-0.05, 0) is 36.3 Å². The zero-order valence-electron chi connectivity index (χ0n) is 13.6. The molecule has 3 heterocycles. The van der Waals surface area contributed by atoms with Gasteiger partial charge in [-0.3, -0.25) is 4.79 Å². The first-order valence-corrected chi connectivity index (χ1v) is 10.5. The van der Waals surface area contributed by atoms with Gasteiger partial charge in [-0.25, -0.2) is 0 Å². The van der Waals surface area contributed by atoms with Crippen molar-refractivity contribution in [2.24, 2.45) is 0 Å². The molecule has 0 radical (unpaired) electrons. The molecule has 2 aromatic heterocycles. The first kappa shape index (κ1) is 16.1. The van der Waals surface area contributed by atoms with Crippen LogP contribution >= 0.6 is 23.1 Å². The van der Waals surface area contributed by atoms with Gasteiger partial charge in [-0.1, -0.05) is 31.0 Å². The zero-order valence-corrected chi connectivity index (χ0v) is 15.2. The fourth-order valence-electron chi connectivity index (χ4n) is 3.47. The fraction of sp³-hybridized carbons (Fsp3) is 0.588. The van der Waals surface area contributed by atoms with E-state index in [9.17, 15) is 4.79 Å². The van der Waals surface area contributed by atoms with Crippen LogP contribution in [0, 0.1) is 0 Å². The van der Waals surface area contributed by atoms with Crippen LogP contribution in [-0.4, -0.2) is 33.3 Å². The minimum Gasteiger partial charge on any atom is -0.416 e. The molecule has 0 saturated heterocycles. The lowest BCUT2D eigenvalue weighted by Gasteiger charge is -2.26. The molecule has 24 heavy (non-hydrogen) atoms. The van der Waals surface area contributed by atoms with E-state index < -0.39 is 0 Å². The van der Waals surface area contributed by atoms with Gasteiger partial charge in [0.15, 0.2) is 0 Å². The Kier molecular flexibility index (Phi) is 4.89. The maximum absolute atomic E-state index is 12.4. The summed E-state index contributed by atoms with van der Waals surface area (Å²) in [6.07, 6.45) is 7.04. The summed E-state index contributed by atoms with van der Waals surface area (Å²) < 4.78 is 5.78. The molecule has 0 aromatic carbocycles. The Hall–Kier alpha value is -1.34. The minimum atomic E-state index is 0.147. The highest BCUT2D eigenvalue weighted by atomic mass is 32.2. The first-order chi connectivity index (χ1) is 11.8. The highest BCUT2D eigenvalue weighted by molar-refractivity contribution is 7.99. The topological polar surface area (TPSA) is 59.2 Å². The summed E-state index contributed by atoms with van der Waals surface area (Å²) in [5.41, 5.74) is 1.29. The average molecular weight is 364 g/mol. The molecule has 1 amide bonds. The van der Waals surface area contributed by atoms with Crippen molar-refractivity contribution in [1.82, 2.24) is 15.1 Å². The molecule has 1 saturated carbocycles. The number of thioether (sulfide) groups is 1. The van der Waals surface area contributed by atoms with E-state index in [4.69, 9.17) is 4.42 Å². The molecule has 2 aromatic rings. The molecule has 0 spiro atoms. The van der Waals surface area contributed by atoms with E-state index in [0.29, 0.717) is 16.9 Å². The molecule has 7 heteroatoms. The molecule has 0 unspecified atom stereocenters. The Bertz CT molecular complexity index is 706. The zero-order chi connectivity index (χ0) is 16.4. The number of amides is 1. The molecule has 1 aliphatic heterocycles. The van der Waals surface area contributed by atoms with Crippen LogP contribution in [0.15, 0.2) is 21.1 Å². The molecule has 1 aliphatic carbocycles. The van der Waals surface area contributed by atoms with Crippen molar-refractivity contribution in [3.63, 3.8) is 0 Å². The van der Waals surface area contributed by atoms with Crippen molar-refractivity contribution in [3.8, 4) is 0 Å². The van der Waals surface area contributed by atoms with Gasteiger partial charge in [0.05, 0.1) is 5.75 Å². The van der Waals surface area contributed by atoms with Crippen molar-refractivity contribution >= 4 is 29.0 Å². The number of carbonyl (C=O) groups is 1. The van der Waals surface area contributed by atoms with Crippen LogP contribution in [0.3, 0.4) is 0 Å². The number of fused-ring (bicyclic) bond motifs is 1. The Morgan fingerprint density at radius 3 is 3.08 bits per heavy atom. The summed E-state index contributed by atoms with van der Waals surface area (Å²) in [6.45, 7) is 1.54. The van der Waals surface area contributed by atoms with E-state index in [2.05, 4.69) is 21.6 Å². The molecular formula is C17H21N3O2S2. The third kappa shape index (κ3) is 3.52. The molecule has 4 rings (SSSR count). The van der Waals surface area contributed by atoms with Gasteiger partial charge in [-0.2, -0.15) is 0 Å². The number of thiophene rings is 1. The monoisotopic (exact) mass is 363 g/mol. The van der Waals surface area contributed by atoms with E-state index in [1.165, 1.54) is 41.5 Å². The van der Waals surface area contributed by atoms with Crippen LogP contribution in [-0.2, 0) is 17.8 Å². The molecular weight excluding hydrogens is 342 g/mol. The van der Waals surface area contributed by atoms with Crippen molar-refractivity contribution in [3.05, 3.63) is 27.8 Å². The summed E-state index contributed by atoms with van der Waals surface area (Å²) in [5, 5.41) is 10.9. The van der Waals surface area contributed by atoms with Crippen LogP contribution in [0.4, 0.5) is 0 Å². The first-order valence-electron chi connectivity index (χ1n) is 8.59. The van der Waals surface area contributed by atoms with E-state index in [0.717, 1.165) is 38.2 Å². The smallest absolute Gasteiger partial charge is 0.277 e. The molecule has 0 N–H and O–H groups in total. The SMILES string of the molecule is O=C(CSc1nnc(C2CCCCC2)o1)N1CCc2sccc2C1. The van der Waals surface area contributed by atoms with Crippen LogP contribution in [0.2, 0.25) is 0 Å². The summed E-state index contributed by atoms with van der Waals surface area (Å²) in [5.74, 6) is 1.68. The number of hydrogen-bond donors (Lipinski definition) is 0. The van der Waals surface area contributed by atoms with Crippen molar-refractivity contribution < 1.29 is 9.21 Å². The molecule has 1 fully saturated rings. The summed E-state index contributed by atoms with van der Waals surface area (Å²) >= 11 is 3.15. The number of aromatic nitrogens is 2. The highest BCUT2D eigenvalue weighted by Gasteiger charge is 2.24. The Morgan fingerprint density at radius 2 is 2.21 bits per heavy atom. The third-order valence-electron chi connectivity index (χ3n) is 4.86.